The molecule has 0 saturated heterocycles. The van der Waals surface area contributed by atoms with Gasteiger partial charge in [-0.1, -0.05) is 32.6 Å². The summed E-state index contributed by atoms with van der Waals surface area (Å²) in [5.74, 6) is 0.787. The second-order valence-electron chi connectivity index (χ2n) is 5.58. The molecule has 5 heteroatoms. The quantitative estimate of drug-likeness (QED) is 0.745. The van der Waals surface area contributed by atoms with Crippen LogP contribution in [0.4, 0.5) is 0 Å². The largest absolute Gasteiger partial charge is 0.493 e. The van der Waals surface area contributed by atoms with Crippen LogP contribution in [0.3, 0.4) is 0 Å². The fourth-order valence-electron chi connectivity index (χ4n) is 2.42. The van der Waals surface area contributed by atoms with E-state index in [2.05, 4.69) is 6.92 Å². The summed E-state index contributed by atoms with van der Waals surface area (Å²) in [6, 6.07) is 1.60. The molecule has 0 unspecified atom stereocenters. The zero-order chi connectivity index (χ0) is 16.0. The van der Waals surface area contributed by atoms with Gasteiger partial charge in [0.15, 0.2) is 0 Å². The summed E-state index contributed by atoms with van der Waals surface area (Å²) >= 11 is 0. The van der Waals surface area contributed by atoms with Gasteiger partial charge in [0.25, 0.3) is 0 Å². The number of unbranched alkanes of at least 4 members (excludes halogenated alkanes) is 4. The highest BCUT2D eigenvalue weighted by atomic mass is 32.2. The third-order valence-electron chi connectivity index (χ3n) is 3.78. The van der Waals surface area contributed by atoms with Crippen molar-refractivity contribution in [3.8, 4) is 5.75 Å². The Morgan fingerprint density at radius 1 is 1.05 bits per heavy atom. The van der Waals surface area contributed by atoms with Crippen molar-refractivity contribution < 1.29 is 13.2 Å². The minimum absolute atomic E-state index is 0.188. The fraction of sp³-hybridized carbons (Fsp3) is 0.625. The Labute approximate surface area is 128 Å². The lowest BCUT2D eigenvalue weighted by atomic mass is 10.1. The average Bonchev–Trinajstić information content (AvgIpc) is 2.40. The Hall–Kier alpha value is -1.07. The van der Waals surface area contributed by atoms with Crippen molar-refractivity contribution in [2.45, 2.75) is 64.7 Å². The molecule has 0 radical (unpaired) electrons. The van der Waals surface area contributed by atoms with Gasteiger partial charge in [-0.25, -0.2) is 13.6 Å². The number of aryl methyl sites for hydroxylation is 1. The van der Waals surface area contributed by atoms with Crippen molar-refractivity contribution in [3.63, 3.8) is 0 Å². The minimum atomic E-state index is -3.69. The van der Waals surface area contributed by atoms with Gasteiger partial charge in [-0.2, -0.15) is 0 Å². The molecule has 0 bridgehead atoms. The minimum Gasteiger partial charge on any atom is -0.493 e. The van der Waals surface area contributed by atoms with Crippen LogP contribution in [0.25, 0.3) is 0 Å². The van der Waals surface area contributed by atoms with Crippen LogP contribution in [0.2, 0.25) is 0 Å². The second-order valence-corrected chi connectivity index (χ2v) is 7.11. The van der Waals surface area contributed by atoms with E-state index in [1.165, 1.54) is 25.7 Å². The molecule has 0 aromatic heterocycles. The molecule has 0 heterocycles. The van der Waals surface area contributed by atoms with E-state index in [1.807, 2.05) is 13.8 Å². The first-order valence-corrected chi connectivity index (χ1v) is 9.10. The van der Waals surface area contributed by atoms with Crippen LogP contribution in [0.1, 0.15) is 55.7 Å². The Kier molecular flexibility index (Phi) is 6.68. The maximum absolute atomic E-state index is 11.6. The van der Waals surface area contributed by atoms with Crippen molar-refractivity contribution in [2.75, 3.05) is 6.61 Å². The molecule has 0 saturated carbocycles. The van der Waals surface area contributed by atoms with Crippen LogP contribution in [-0.2, 0) is 10.0 Å². The molecule has 0 fully saturated rings. The average molecular weight is 313 g/mol. The number of hydrogen-bond donors (Lipinski definition) is 1. The molecule has 0 amide bonds. The van der Waals surface area contributed by atoms with Gasteiger partial charge in [-0.15, -0.1) is 0 Å². The predicted molar refractivity (Wildman–Crippen MR) is 86.3 cm³/mol. The van der Waals surface area contributed by atoms with Crippen molar-refractivity contribution in [1.82, 2.24) is 0 Å². The summed E-state index contributed by atoms with van der Waals surface area (Å²) in [4.78, 5) is 0.188. The van der Waals surface area contributed by atoms with Gasteiger partial charge in [-0.05, 0) is 49.9 Å². The number of benzene rings is 1. The standard InChI is InChI=1S/C16H27NO3S/c1-5-6-7-8-9-10-20-16-12(2)11-15(21(17,18)19)13(3)14(16)4/h11H,5-10H2,1-4H3,(H2,17,18,19). The van der Waals surface area contributed by atoms with E-state index >= 15 is 0 Å². The van der Waals surface area contributed by atoms with E-state index in [-0.39, 0.29) is 4.90 Å². The molecule has 0 aliphatic heterocycles. The van der Waals surface area contributed by atoms with Crippen LogP contribution in [-0.4, -0.2) is 15.0 Å². The zero-order valence-electron chi connectivity index (χ0n) is 13.5. The van der Waals surface area contributed by atoms with E-state index in [0.29, 0.717) is 12.2 Å². The molecule has 1 rings (SSSR count). The van der Waals surface area contributed by atoms with Crippen LogP contribution in [0.15, 0.2) is 11.0 Å². The van der Waals surface area contributed by atoms with Crippen LogP contribution in [0, 0.1) is 20.8 Å². The van der Waals surface area contributed by atoms with Gasteiger partial charge < -0.3 is 4.74 Å². The third-order valence-corrected chi connectivity index (χ3v) is 4.82. The van der Waals surface area contributed by atoms with Gasteiger partial charge in [0.05, 0.1) is 11.5 Å². The normalized spacial score (nSPS) is 11.7. The summed E-state index contributed by atoms with van der Waals surface area (Å²) < 4.78 is 29.0. The van der Waals surface area contributed by atoms with Crippen molar-refractivity contribution in [1.29, 1.82) is 0 Å². The number of primary sulfonamides is 1. The summed E-state index contributed by atoms with van der Waals surface area (Å²) in [7, 11) is -3.69. The van der Waals surface area contributed by atoms with Crippen LogP contribution >= 0.6 is 0 Å². The molecule has 1 aromatic carbocycles. The number of ether oxygens (including phenoxy) is 1. The lowest BCUT2D eigenvalue weighted by molar-refractivity contribution is 0.300. The molecule has 21 heavy (non-hydrogen) atoms. The highest BCUT2D eigenvalue weighted by Crippen LogP contribution is 2.30. The number of nitrogens with two attached hydrogens (primary N) is 1. The topological polar surface area (TPSA) is 69.4 Å². The highest BCUT2D eigenvalue weighted by molar-refractivity contribution is 7.89. The molecular formula is C16H27NO3S. The monoisotopic (exact) mass is 313 g/mol. The SMILES string of the molecule is CCCCCCCOc1c(C)cc(S(N)(=O)=O)c(C)c1C. The van der Waals surface area contributed by atoms with E-state index in [1.54, 1.807) is 13.0 Å². The number of sulfonamides is 1. The molecule has 4 nitrogen and oxygen atoms in total. The molecule has 0 aliphatic carbocycles. The van der Waals surface area contributed by atoms with Crippen LogP contribution in [0.5, 0.6) is 5.75 Å². The maximum Gasteiger partial charge on any atom is 0.238 e. The first-order chi connectivity index (χ1) is 9.79. The Balaban J connectivity index is 2.79. The Morgan fingerprint density at radius 2 is 1.67 bits per heavy atom. The summed E-state index contributed by atoms with van der Waals surface area (Å²) in [5, 5.41) is 5.25. The van der Waals surface area contributed by atoms with Crippen molar-refractivity contribution in [3.05, 3.63) is 22.8 Å². The fourth-order valence-corrected chi connectivity index (χ4v) is 3.34. The summed E-state index contributed by atoms with van der Waals surface area (Å²) in [6.45, 7) is 8.36. The van der Waals surface area contributed by atoms with E-state index in [0.717, 1.165) is 23.3 Å². The first-order valence-electron chi connectivity index (χ1n) is 7.55. The lowest BCUT2D eigenvalue weighted by Crippen LogP contribution is -2.15. The smallest absolute Gasteiger partial charge is 0.238 e. The lowest BCUT2D eigenvalue weighted by Gasteiger charge is -2.16. The van der Waals surface area contributed by atoms with Crippen molar-refractivity contribution in [2.24, 2.45) is 5.14 Å². The number of hydrogen-bond acceptors (Lipinski definition) is 3. The first kappa shape index (κ1) is 18.0. The third kappa shape index (κ3) is 5.00. The molecule has 1 aromatic rings. The second kappa shape index (κ2) is 7.80. The number of rotatable bonds is 8. The molecule has 120 valence electrons. The van der Waals surface area contributed by atoms with E-state index < -0.39 is 10.0 Å². The van der Waals surface area contributed by atoms with E-state index in [4.69, 9.17) is 9.88 Å². The van der Waals surface area contributed by atoms with Crippen molar-refractivity contribution >= 4 is 10.0 Å². The molecule has 0 atom stereocenters. The summed E-state index contributed by atoms with van der Waals surface area (Å²) in [6.07, 6.45) is 5.92. The predicted octanol–water partition coefficient (Wildman–Crippen LogP) is 3.61. The zero-order valence-corrected chi connectivity index (χ0v) is 14.3. The Morgan fingerprint density at radius 3 is 2.24 bits per heavy atom. The molecule has 0 aliphatic rings. The molecule has 2 N–H and O–H groups in total. The van der Waals surface area contributed by atoms with Gasteiger partial charge in [0, 0.05) is 0 Å². The highest BCUT2D eigenvalue weighted by Gasteiger charge is 2.18. The van der Waals surface area contributed by atoms with Gasteiger partial charge >= 0.3 is 0 Å². The maximum atomic E-state index is 11.6. The Bertz CT molecular complexity index is 580. The summed E-state index contributed by atoms with van der Waals surface area (Å²) in [5.41, 5.74) is 2.34. The molecular weight excluding hydrogens is 286 g/mol. The molecule has 0 spiro atoms. The van der Waals surface area contributed by atoms with Gasteiger partial charge in [0.2, 0.25) is 10.0 Å². The van der Waals surface area contributed by atoms with Crippen LogP contribution < -0.4 is 9.88 Å². The van der Waals surface area contributed by atoms with E-state index in [9.17, 15) is 8.42 Å². The van der Waals surface area contributed by atoms with Gasteiger partial charge in [-0.3, -0.25) is 0 Å². The van der Waals surface area contributed by atoms with Gasteiger partial charge in [0.1, 0.15) is 5.75 Å².